The number of unbranched alkanes of at least 4 members (excludes halogenated alkanes) is 11. The molecule has 0 spiro atoms. The lowest BCUT2D eigenvalue weighted by molar-refractivity contribution is 0.115. The highest BCUT2D eigenvalue weighted by Crippen LogP contribution is 2.34. The summed E-state index contributed by atoms with van der Waals surface area (Å²) in [4.78, 5) is 9.06. The molecule has 0 bridgehead atoms. The molecular weight excluding hydrogens is 347 g/mol. The minimum absolute atomic E-state index is 0.281. The number of aliphatic hydroxyl groups is 1. The van der Waals surface area contributed by atoms with Gasteiger partial charge in [0.15, 0.2) is 8.38 Å². The molecule has 1 unspecified atom stereocenters. The molecule has 0 saturated heterocycles. The average molecular weight is 391 g/mol. The largest absolute Gasteiger partial charge is 0.387 e. The molecule has 5 heteroatoms. The Labute approximate surface area is 163 Å². The number of aliphatic hydroxyl groups excluding tert-OH is 1. The van der Waals surface area contributed by atoms with E-state index < -0.39 is 8.38 Å². The van der Waals surface area contributed by atoms with Crippen molar-refractivity contribution in [3.8, 4) is 0 Å². The van der Waals surface area contributed by atoms with Gasteiger partial charge in [-0.05, 0) is 18.8 Å². The molecule has 1 rings (SSSR count). The van der Waals surface area contributed by atoms with E-state index in [9.17, 15) is 0 Å². The maximum Gasteiger partial charge on any atom is 0.195 e. The Morgan fingerprint density at radius 1 is 0.654 bits per heavy atom. The van der Waals surface area contributed by atoms with E-state index in [4.69, 9.17) is 19.3 Å². The zero-order chi connectivity index (χ0) is 18.7. The molecule has 0 amide bonds. The molecule has 1 aliphatic carbocycles. The highest BCUT2D eigenvalue weighted by Gasteiger charge is 2.19. The Kier molecular flexibility index (Phi) is 17.4. The van der Waals surface area contributed by atoms with Crippen molar-refractivity contribution in [3.05, 3.63) is 0 Å². The summed E-state index contributed by atoms with van der Waals surface area (Å²) in [5.41, 5.74) is 0. The van der Waals surface area contributed by atoms with Crippen molar-refractivity contribution < 1.29 is 19.3 Å². The van der Waals surface area contributed by atoms with Crippen LogP contribution in [0, 0.1) is 5.92 Å². The number of ether oxygens (including phenoxy) is 1. The summed E-state index contributed by atoms with van der Waals surface area (Å²) < 4.78 is 10.6. The molecule has 0 aromatic heterocycles. The lowest BCUT2D eigenvalue weighted by Crippen LogP contribution is -2.01. The number of rotatable bonds is 21. The summed E-state index contributed by atoms with van der Waals surface area (Å²) in [6.45, 7) is 1.97. The molecule has 156 valence electrons. The molecule has 2 N–H and O–H groups in total. The van der Waals surface area contributed by atoms with E-state index in [0.717, 1.165) is 25.4 Å². The zero-order valence-corrected chi connectivity index (χ0v) is 17.8. The van der Waals surface area contributed by atoms with E-state index in [2.05, 4.69) is 0 Å². The summed E-state index contributed by atoms with van der Waals surface area (Å²) >= 11 is 0. The highest BCUT2D eigenvalue weighted by atomic mass is 31.2. The SMILES string of the molecule is OCP(O)OCCCOCCCCCCCCCCCCCCC1CC1. The predicted molar refractivity (Wildman–Crippen MR) is 110 cm³/mol. The Hall–Kier alpha value is 0.270. The third kappa shape index (κ3) is 17.7. The van der Waals surface area contributed by atoms with Crippen molar-refractivity contribution in [2.45, 2.75) is 103 Å². The van der Waals surface area contributed by atoms with Crippen molar-refractivity contribution in [1.82, 2.24) is 0 Å². The van der Waals surface area contributed by atoms with Crippen LogP contribution in [0.1, 0.15) is 103 Å². The first-order chi connectivity index (χ1) is 12.8. The molecule has 0 aliphatic heterocycles. The normalized spacial score (nSPS) is 15.5. The molecule has 1 atom stereocenters. The zero-order valence-electron chi connectivity index (χ0n) is 16.9. The molecule has 4 nitrogen and oxygen atoms in total. The average Bonchev–Trinajstić information content (AvgIpc) is 3.47. The summed E-state index contributed by atoms with van der Waals surface area (Å²) in [7, 11) is -1.62. The van der Waals surface area contributed by atoms with Gasteiger partial charge in [0.1, 0.15) is 6.35 Å². The highest BCUT2D eigenvalue weighted by molar-refractivity contribution is 7.45. The third-order valence-electron chi connectivity index (χ3n) is 5.14. The molecule has 1 aliphatic rings. The second kappa shape index (κ2) is 18.6. The van der Waals surface area contributed by atoms with Gasteiger partial charge in [0.05, 0.1) is 6.61 Å². The molecule has 0 heterocycles. The van der Waals surface area contributed by atoms with Crippen molar-refractivity contribution in [2.24, 2.45) is 5.92 Å². The van der Waals surface area contributed by atoms with E-state index >= 15 is 0 Å². The van der Waals surface area contributed by atoms with Crippen LogP contribution < -0.4 is 0 Å². The van der Waals surface area contributed by atoms with E-state index in [0.29, 0.717) is 13.2 Å². The van der Waals surface area contributed by atoms with E-state index in [1.54, 1.807) is 0 Å². The van der Waals surface area contributed by atoms with Crippen LogP contribution in [0.4, 0.5) is 0 Å². The summed E-state index contributed by atoms with van der Waals surface area (Å²) in [5, 5.41) is 8.62. The van der Waals surface area contributed by atoms with Gasteiger partial charge in [-0.25, -0.2) is 0 Å². The molecule has 1 fully saturated rings. The van der Waals surface area contributed by atoms with Crippen LogP contribution in [0.3, 0.4) is 0 Å². The predicted octanol–water partition coefficient (Wildman–Crippen LogP) is 6.15. The summed E-state index contributed by atoms with van der Waals surface area (Å²) in [6.07, 6.45) is 21.7. The minimum Gasteiger partial charge on any atom is -0.387 e. The van der Waals surface area contributed by atoms with Crippen LogP contribution in [-0.2, 0) is 9.26 Å². The van der Waals surface area contributed by atoms with E-state index in [-0.39, 0.29) is 6.35 Å². The topological polar surface area (TPSA) is 58.9 Å². The molecule has 0 aromatic carbocycles. The van der Waals surface area contributed by atoms with Crippen molar-refractivity contribution in [1.29, 1.82) is 0 Å². The summed E-state index contributed by atoms with van der Waals surface area (Å²) in [5.74, 6) is 1.12. The Balaban J connectivity index is 1.61. The van der Waals surface area contributed by atoms with Gasteiger partial charge >= 0.3 is 0 Å². The lowest BCUT2D eigenvalue weighted by Gasteiger charge is -2.08. The third-order valence-corrected chi connectivity index (χ3v) is 5.86. The van der Waals surface area contributed by atoms with Crippen molar-refractivity contribution in [2.75, 3.05) is 26.2 Å². The van der Waals surface area contributed by atoms with Gasteiger partial charge < -0.3 is 19.3 Å². The summed E-state index contributed by atoms with van der Waals surface area (Å²) in [6, 6.07) is 0. The molecule has 26 heavy (non-hydrogen) atoms. The fourth-order valence-corrected chi connectivity index (χ4v) is 3.71. The number of hydrogen-bond acceptors (Lipinski definition) is 4. The van der Waals surface area contributed by atoms with Crippen molar-refractivity contribution in [3.63, 3.8) is 0 Å². The van der Waals surface area contributed by atoms with Gasteiger partial charge in [0.25, 0.3) is 0 Å². The van der Waals surface area contributed by atoms with Gasteiger partial charge in [-0.1, -0.05) is 89.9 Å². The lowest BCUT2D eigenvalue weighted by atomic mass is 10.0. The van der Waals surface area contributed by atoms with Gasteiger partial charge in [0, 0.05) is 13.2 Å². The van der Waals surface area contributed by atoms with E-state index in [1.807, 2.05) is 0 Å². The van der Waals surface area contributed by atoms with Gasteiger partial charge in [-0.15, -0.1) is 0 Å². The second-order valence-electron chi connectivity index (χ2n) is 7.77. The minimum atomic E-state index is -1.62. The molecule has 1 saturated carbocycles. The maximum absolute atomic E-state index is 9.06. The molecule has 0 radical (unpaired) electrons. The number of hydrogen-bond donors (Lipinski definition) is 2. The monoisotopic (exact) mass is 390 g/mol. The van der Waals surface area contributed by atoms with Crippen LogP contribution in [-0.4, -0.2) is 36.2 Å². The second-order valence-corrected chi connectivity index (χ2v) is 9.01. The fourth-order valence-electron chi connectivity index (χ4n) is 3.29. The smallest absolute Gasteiger partial charge is 0.195 e. The first-order valence-electron chi connectivity index (χ1n) is 11.1. The van der Waals surface area contributed by atoms with Crippen LogP contribution in [0.5, 0.6) is 0 Å². The first kappa shape index (κ1) is 24.3. The van der Waals surface area contributed by atoms with Crippen LogP contribution in [0.2, 0.25) is 0 Å². The Bertz CT molecular complexity index is 287. The molecular formula is C21H43O4P. The fraction of sp³-hybridized carbons (Fsp3) is 1.00. The Morgan fingerprint density at radius 3 is 1.69 bits per heavy atom. The first-order valence-corrected chi connectivity index (χ1v) is 12.5. The van der Waals surface area contributed by atoms with Crippen LogP contribution in [0.25, 0.3) is 0 Å². The van der Waals surface area contributed by atoms with Gasteiger partial charge in [-0.3, -0.25) is 0 Å². The van der Waals surface area contributed by atoms with Crippen LogP contribution >= 0.6 is 8.38 Å². The van der Waals surface area contributed by atoms with Crippen molar-refractivity contribution >= 4 is 8.38 Å². The van der Waals surface area contributed by atoms with Crippen LogP contribution in [0.15, 0.2) is 0 Å². The van der Waals surface area contributed by atoms with Gasteiger partial charge in [0.2, 0.25) is 0 Å². The van der Waals surface area contributed by atoms with E-state index in [1.165, 1.54) is 89.9 Å². The quantitative estimate of drug-likeness (QED) is 0.182. The standard InChI is InChI=1S/C21H43O4P/c22-20-26(23)25-19-13-18-24-17-12-10-8-6-4-2-1-3-5-7-9-11-14-21-15-16-21/h21-23H,1-20H2. The van der Waals surface area contributed by atoms with Gasteiger partial charge in [-0.2, -0.15) is 0 Å². The Morgan fingerprint density at radius 2 is 1.15 bits per heavy atom. The molecule has 0 aromatic rings. The maximum atomic E-state index is 9.06.